The zero-order valence-electron chi connectivity index (χ0n) is 8.73. The van der Waals surface area contributed by atoms with E-state index in [0.717, 1.165) is 19.3 Å². The van der Waals surface area contributed by atoms with Crippen molar-refractivity contribution in [1.82, 2.24) is 14.9 Å². The molecule has 1 saturated carbocycles. The summed E-state index contributed by atoms with van der Waals surface area (Å²) in [6.45, 7) is 0.00553. The summed E-state index contributed by atoms with van der Waals surface area (Å²) in [6.07, 6.45) is 6.01. The second-order valence-corrected chi connectivity index (χ2v) is 4.17. The quantitative estimate of drug-likeness (QED) is 0.740. The highest BCUT2D eigenvalue weighted by Gasteiger charge is 2.38. The molecule has 0 aliphatic heterocycles. The minimum atomic E-state index is -0.394. The van der Waals surface area contributed by atoms with Gasteiger partial charge in [-0.25, -0.2) is 4.98 Å². The fourth-order valence-electron chi connectivity index (χ4n) is 1.76. The molecule has 1 aromatic rings. The number of hydrogen-bond acceptors (Lipinski definition) is 3. The zero-order valence-corrected chi connectivity index (χ0v) is 8.73. The Kier molecular flexibility index (Phi) is 2.48. The van der Waals surface area contributed by atoms with E-state index in [1.807, 2.05) is 7.05 Å². The zero-order chi connectivity index (χ0) is 10.9. The Morgan fingerprint density at radius 1 is 1.73 bits per heavy atom. The number of amides is 1. The third kappa shape index (κ3) is 1.87. The van der Waals surface area contributed by atoms with E-state index in [2.05, 4.69) is 10.3 Å². The molecule has 1 aliphatic carbocycles. The van der Waals surface area contributed by atoms with Crippen molar-refractivity contribution in [3.63, 3.8) is 0 Å². The molecule has 1 amide bonds. The van der Waals surface area contributed by atoms with Gasteiger partial charge < -0.3 is 15.0 Å². The Morgan fingerprint density at radius 2 is 2.47 bits per heavy atom. The summed E-state index contributed by atoms with van der Waals surface area (Å²) in [7, 11) is 1.81. The number of nitrogens with zero attached hydrogens (tertiary/aromatic N) is 2. The van der Waals surface area contributed by atoms with Gasteiger partial charge in [-0.1, -0.05) is 0 Å². The second kappa shape index (κ2) is 3.66. The molecule has 0 radical (unpaired) electrons. The summed E-state index contributed by atoms with van der Waals surface area (Å²) in [4.78, 5) is 15.7. The lowest BCUT2D eigenvalue weighted by Crippen LogP contribution is -2.56. The van der Waals surface area contributed by atoms with Gasteiger partial charge in [-0.2, -0.15) is 0 Å². The highest BCUT2D eigenvalue weighted by molar-refractivity contribution is 5.92. The Morgan fingerprint density at radius 3 is 2.87 bits per heavy atom. The van der Waals surface area contributed by atoms with Crippen molar-refractivity contribution in [2.75, 3.05) is 6.61 Å². The average molecular weight is 209 g/mol. The number of carbonyl (C=O) groups excluding carboxylic acids is 1. The lowest BCUT2D eigenvalue weighted by atomic mass is 9.77. The first kappa shape index (κ1) is 10.2. The normalized spacial score (nSPS) is 18.3. The Bertz CT molecular complexity index is 363. The Balaban J connectivity index is 2.03. The van der Waals surface area contributed by atoms with E-state index in [-0.39, 0.29) is 12.5 Å². The van der Waals surface area contributed by atoms with Crippen molar-refractivity contribution >= 4 is 5.91 Å². The van der Waals surface area contributed by atoms with Crippen molar-refractivity contribution in [2.45, 2.75) is 24.8 Å². The van der Waals surface area contributed by atoms with Crippen LogP contribution in [0.1, 0.15) is 29.8 Å². The van der Waals surface area contributed by atoms with Crippen LogP contribution in [0.15, 0.2) is 12.5 Å². The molecule has 1 fully saturated rings. The minimum absolute atomic E-state index is 0.00553. The van der Waals surface area contributed by atoms with Gasteiger partial charge in [-0.05, 0) is 19.3 Å². The summed E-state index contributed by atoms with van der Waals surface area (Å²) in [5.41, 5.74) is 0.00597. The van der Waals surface area contributed by atoms with Gasteiger partial charge in [0.05, 0.1) is 18.5 Å². The summed E-state index contributed by atoms with van der Waals surface area (Å²) >= 11 is 0. The molecule has 0 bridgehead atoms. The SMILES string of the molecule is Cn1cnc(C(=O)NC2(CO)CCC2)c1. The molecule has 0 spiro atoms. The van der Waals surface area contributed by atoms with E-state index >= 15 is 0 Å². The summed E-state index contributed by atoms with van der Waals surface area (Å²) in [6, 6.07) is 0. The molecular weight excluding hydrogens is 194 g/mol. The summed E-state index contributed by atoms with van der Waals surface area (Å²) in [5, 5.41) is 12.0. The minimum Gasteiger partial charge on any atom is -0.394 e. The number of aliphatic hydroxyl groups is 1. The fourth-order valence-corrected chi connectivity index (χ4v) is 1.76. The Hall–Kier alpha value is -1.36. The van der Waals surface area contributed by atoms with Crippen LogP contribution in [0.25, 0.3) is 0 Å². The van der Waals surface area contributed by atoms with Crippen LogP contribution in [-0.2, 0) is 7.05 Å². The van der Waals surface area contributed by atoms with E-state index in [0.29, 0.717) is 5.69 Å². The highest BCUT2D eigenvalue weighted by atomic mass is 16.3. The van der Waals surface area contributed by atoms with Crippen LogP contribution in [0.2, 0.25) is 0 Å². The molecule has 15 heavy (non-hydrogen) atoms. The van der Waals surface area contributed by atoms with E-state index in [1.54, 1.807) is 17.1 Å². The van der Waals surface area contributed by atoms with Gasteiger partial charge in [0.2, 0.25) is 0 Å². The van der Waals surface area contributed by atoms with Crippen LogP contribution in [0.3, 0.4) is 0 Å². The molecule has 0 unspecified atom stereocenters. The van der Waals surface area contributed by atoms with Gasteiger partial charge >= 0.3 is 0 Å². The maximum absolute atomic E-state index is 11.7. The van der Waals surface area contributed by atoms with Crippen molar-refractivity contribution in [3.05, 3.63) is 18.2 Å². The lowest BCUT2D eigenvalue weighted by molar-refractivity contribution is 0.0638. The van der Waals surface area contributed by atoms with Crippen LogP contribution >= 0.6 is 0 Å². The third-order valence-electron chi connectivity index (χ3n) is 2.93. The molecule has 1 heterocycles. The molecule has 5 nitrogen and oxygen atoms in total. The van der Waals surface area contributed by atoms with Gasteiger partial charge in [0.1, 0.15) is 5.69 Å². The van der Waals surface area contributed by atoms with Crippen LogP contribution in [0.4, 0.5) is 0 Å². The molecule has 1 aromatic heterocycles. The molecule has 0 aromatic carbocycles. The monoisotopic (exact) mass is 209 g/mol. The largest absolute Gasteiger partial charge is 0.394 e. The fraction of sp³-hybridized carbons (Fsp3) is 0.600. The second-order valence-electron chi connectivity index (χ2n) is 4.17. The first-order chi connectivity index (χ1) is 7.15. The molecule has 1 aliphatic rings. The molecule has 0 saturated heterocycles. The lowest BCUT2D eigenvalue weighted by Gasteiger charge is -2.40. The number of rotatable bonds is 3. The number of hydrogen-bond donors (Lipinski definition) is 2. The number of carbonyl (C=O) groups is 1. The average Bonchev–Trinajstić information content (AvgIpc) is 2.58. The number of aliphatic hydroxyl groups excluding tert-OH is 1. The molecule has 2 N–H and O–H groups in total. The van der Waals surface area contributed by atoms with Crippen molar-refractivity contribution in [1.29, 1.82) is 0 Å². The van der Waals surface area contributed by atoms with Crippen LogP contribution in [0.5, 0.6) is 0 Å². The van der Waals surface area contributed by atoms with Gasteiger partial charge in [0.15, 0.2) is 0 Å². The smallest absolute Gasteiger partial charge is 0.271 e. The van der Waals surface area contributed by atoms with Crippen LogP contribution in [0, 0.1) is 0 Å². The third-order valence-corrected chi connectivity index (χ3v) is 2.93. The predicted molar refractivity (Wildman–Crippen MR) is 54.3 cm³/mol. The van der Waals surface area contributed by atoms with Crippen LogP contribution < -0.4 is 5.32 Å². The Labute approximate surface area is 88.1 Å². The van der Waals surface area contributed by atoms with Crippen molar-refractivity contribution < 1.29 is 9.90 Å². The van der Waals surface area contributed by atoms with E-state index in [9.17, 15) is 9.90 Å². The maximum atomic E-state index is 11.7. The first-order valence-corrected chi connectivity index (χ1v) is 5.07. The van der Waals surface area contributed by atoms with Gasteiger partial charge in [-0.3, -0.25) is 4.79 Å². The summed E-state index contributed by atoms with van der Waals surface area (Å²) < 4.78 is 1.72. The van der Waals surface area contributed by atoms with Gasteiger partial charge in [0.25, 0.3) is 5.91 Å². The number of aromatic nitrogens is 2. The maximum Gasteiger partial charge on any atom is 0.271 e. The van der Waals surface area contributed by atoms with Crippen molar-refractivity contribution in [2.24, 2.45) is 7.05 Å². The van der Waals surface area contributed by atoms with Crippen LogP contribution in [-0.4, -0.2) is 32.7 Å². The first-order valence-electron chi connectivity index (χ1n) is 5.07. The van der Waals surface area contributed by atoms with Crippen molar-refractivity contribution in [3.8, 4) is 0 Å². The van der Waals surface area contributed by atoms with E-state index in [1.165, 1.54) is 0 Å². The topological polar surface area (TPSA) is 67.2 Å². The van der Waals surface area contributed by atoms with E-state index in [4.69, 9.17) is 0 Å². The standard InChI is InChI=1S/C10H15N3O2/c1-13-5-8(11-7-13)9(15)12-10(6-14)3-2-4-10/h5,7,14H,2-4,6H2,1H3,(H,12,15). The van der Waals surface area contributed by atoms with Gasteiger partial charge in [0, 0.05) is 13.2 Å². The van der Waals surface area contributed by atoms with Gasteiger partial charge in [-0.15, -0.1) is 0 Å². The number of nitrogens with one attached hydrogen (secondary N) is 1. The molecule has 82 valence electrons. The number of aryl methyl sites for hydroxylation is 1. The summed E-state index contributed by atoms with van der Waals surface area (Å²) in [5.74, 6) is -0.204. The molecule has 2 rings (SSSR count). The van der Waals surface area contributed by atoms with E-state index < -0.39 is 5.54 Å². The number of imidazole rings is 1. The molecule has 5 heteroatoms. The highest BCUT2D eigenvalue weighted by Crippen LogP contribution is 2.31. The molecule has 0 atom stereocenters. The molecular formula is C10H15N3O2. The predicted octanol–water partition coefficient (Wildman–Crippen LogP) is 0.0649.